The van der Waals surface area contributed by atoms with Crippen molar-refractivity contribution in [3.63, 3.8) is 0 Å². The highest BCUT2D eigenvalue weighted by Crippen LogP contribution is 2.13. The van der Waals surface area contributed by atoms with E-state index in [9.17, 15) is 14.4 Å². The third kappa shape index (κ3) is 5.29. The number of hydrogen-bond donors (Lipinski definition) is 4. The lowest BCUT2D eigenvalue weighted by atomic mass is 9.96. The zero-order chi connectivity index (χ0) is 16.2. The molecule has 2 aromatic heterocycles. The summed E-state index contributed by atoms with van der Waals surface area (Å²) in [6, 6.07) is 1.44. The standard InChI is InChI=1S/C15H19N5O3.2ClH/c21-13(17-5-3-9-2-1-4-16-7-9)10-6-11-12(18-8-10)19-15(23)20-14(11)22;;/h6,8-9,16H,1-5,7H2,(H,17,21)(H2,18,19,20,22,23);2*1H. The van der Waals surface area contributed by atoms with Crippen LogP contribution in [0.3, 0.4) is 0 Å². The number of H-pyrrole nitrogens is 2. The number of fused-ring (bicyclic) bond motifs is 1. The van der Waals surface area contributed by atoms with Gasteiger partial charge in [-0.15, -0.1) is 24.8 Å². The van der Waals surface area contributed by atoms with Crippen LogP contribution in [0.5, 0.6) is 0 Å². The zero-order valence-electron chi connectivity index (χ0n) is 13.5. The summed E-state index contributed by atoms with van der Waals surface area (Å²) in [5.41, 5.74) is -0.701. The minimum Gasteiger partial charge on any atom is -0.352 e. The van der Waals surface area contributed by atoms with Gasteiger partial charge in [0.1, 0.15) is 5.65 Å². The van der Waals surface area contributed by atoms with Crippen LogP contribution in [0.15, 0.2) is 21.9 Å². The van der Waals surface area contributed by atoms with Crippen molar-refractivity contribution in [2.45, 2.75) is 19.3 Å². The number of carbonyl (C=O) groups is 1. The van der Waals surface area contributed by atoms with Crippen molar-refractivity contribution < 1.29 is 4.79 Å². The third-order valence-corrected chi connectivity index (χ3v) is 4.09. The molecule has 2 aromatic rings. The molecular formula is C15H21Cl2N5O3. The second kappa shape index (κ2) is 9.55. The summed E-state index contributed by atoms with van der Waals surface area (Å²) in [7, 11) is 0. The van der Waals surface area contributed by atoms with Gasteiger partial charge in [-0.1, -0.05) is 0 Å². The number of nitrogens with zero attached hydrogens (tertiary/aromatic N) is 1. The number of carbonyl (C=O) groups excluding carboxylic acids is 1. The number of amides is 1. The van der Waals surface area contributed by atoms with E-state index in [1.807, 2.05) is 0 Å². The Morgan fingerprint density at radius 1 is 1.28 bits per heavy atom. The van der Waals surface area contributed by atoms with Gasteiger partial charge >= 0.3 is 5.69 Å². The highest BCUT2D eigenvalue weighted by molar-refractivity contribution is 5.96. The minimum atomic E-state index is -0.617. The molecule has 0 aliphatic carbocycles. The summed E-state index contributed by atoms with van der Waals surface area (Å²) in [4.78, 5) is 43.6. The van der Waals surface area contributed by atoms with E-state index in [1.165, 1.54) is 25.1 Å². The van der Waals surface area contributed by atoms with Crippen LogP contribution in [0, 0.1) is 5.92 Å². The number of halogens is 2. The van der Waals surface area contributed by atoms with E-state index in [4.69, 9.17) is 0 Å². The molecule has 1 fully saturated rings. The summed E-state index contributed by atoms with van der Waals surface area (Å²) in [6.07, 6.45) is 4.64. The lowest BCUT2D eigenvalue weighted by Crippen LogP contribution is -2.33. The Hall–Kier alpha value is -1.90. The molecule has 0 bridgehead atoms. The molecule has 1 unspecified atom stereocenters. The first kappa shape index (κ1) is 21.1. The molecule has 4 N–H and O–H groups in total. The van der Waals surface area contributed by atoms with Crippen molar-refractivity contribution in [1.29, 1.82) is 0 Å². The van der Waals surface area contributed by atoms with Gasteiger partial charge in [0, 0.05) is 12.7 Å². The van der Waals surface area contributed by atoms with E-state index in [0.29, 0.717) is 18.0 Å². The molecule has 1 aliphatic heterocycles. The van der Waals surface area contributed by atoms with Crippen molar-refractivity contribution in [3.8, 4) is 0 Å². The molecule has 0 aromatic carbocycles. The molecule has 0 spiro atoms. The van der Waals surface area contributed by atoms with Gasteiger partial charge in [0.05, 0.1) is 10.9 Å². The highest BCUT2D eigenvalue weighted by Gasteiger charge is 2.14. The van der Waals surface area contributed by atoms with Gasteiger partial charge in [-0.2, -0.15) is 0 Å². The summed E-state index contributed by atoms with van der Waals surface area (Å²) >= 11 is 0. The van der Waals surface area contributed by atoms with Crippen LogP contribution < -0.4 is 21.9 Å². The number of aromatic amines is 2. The van der Waals surface area contributed by atoms with Gasteiger partial charge in [0.2, 0.25) is 0 Å². The summed E-state index contributed by atoms with van der Waals surface area (Å²) in [5.74, 6) is 0.320. The monoisotopic (exact) mass is 389 g/mol. The van der Waals surface area contributed by atoms with Crippen LogP contribution in [0.25, 0.3) is 11.0 Å². The molecule has 1 aliphatic rings. The molecule has 1 atom stereocenters. The fourth-order valence-corrected chi connectivity index (χ4v) is 2.83. The van der Waals surface area contributed by atoms with Crippen LogP contribution in [0.4, 0.5) is 0 Å². The first-order valence-electron chi connectivity index (χ1n) is 7.75. The Labute approximate surface area is 156 Å². The average Bonchev–Trinajstić information content (AvgIpc) is 2.55. The van der Waals surface area contributed by atoms with Gasteiger partial charge in [-0.25, -0.2) is 9.78 Å². The van der Waals surface area contributed by atoms with Crippen molar-refractivity contribution in [1.82, 2.24) is 25.6 Å². The van der Waals surface area contributed by atoms with E-state index >= 15 is 0 Å². The number of nitrogens with one attached hydrogen (secondary N) is 4. The quantitative estimate of drug-likeness (QED) is 0.609. The maximum absolute atomic E-state index is 12.2. The predicted octanol–water partition coefficient (Wildman–Crippen LogP) is 0.574. The Balaban J connectivity index is 0.00000156. The average molecular weight is 390 g/mol. The van der Waals surface area contributed by atoms with Crippen molar-refractivity contribution >= 4 is 41.8 Å². The number of aromatic nitrogens is 3. The molecule has 25 heavy (non-hydrogen) atoms. The molecule has 3 heterocycles. The van der Waals surface area contributed by atoms with E-state index in [2.05, 4.69) is 25.6 Å². The summed E-state index contributed by atoms with van der Waals surface area (Å²) in [5, 5.41) is 6.39. The SMILES string of the molecule is Cl.Cl.O=C(NCCC1CCCNC1)c1cnc2[nH]c(=O)[nH]c(=O)c2c1. The topological polar surface area (TPSA) is 120 Å². The molecule has 0 saturated carbocycles. The van der Waals surface area contributed by atoms with E-state index in [-0.39, 0.29) is 41.8 Å². The van der Waals surface area contributed by atoms with Gasteiger partial charge in [-0.05, 0) is 44.3 Å². The Morgan fingerprint density at radius 2 is 2.08 bits per heavy atom. The first-order chi connectivity index (χ1) is 11.1. The lowest BCUT2D eigenvalue weighted by molar-refractivity contribution is 0.0950. The zero-order valence-corrected chi connectivity index (χ0v) is 15.1. The van der Waals surface area contributed by atoms with E-state index < -0.39 is 11.2 Å². The van der Waals surface area contributed by atoms with Crippen molar-refractivity contribution in [2.75, 3.05) is 19.6 Å². The normalized spacial score (nSPS) is 16.6. The minimum absolute atomic E-state index is 0. The fraction of sp³-hybridized carbons (Fsp3) is 0.467. The molecule has 10 heteroatoms. The number of rotatable bonds is 4. The second-order valence-corrected chi connectivity index (χ2v) is 5.79. The van der Waals surface area contributed by atoms with Gasteiger partial charge < -0.3 is 10.6 Å². The summed E-state index contributed by atoms with van der Waals surface area (Å²) in [6.45, 7) is 2.66. The molecular weight excluding hydrogens is 369 g/mol. The van der Waals surface area contributed by atoms with Crippen molar-refractivity contribution in [3.05, 3.63) is 38.7 Å². The van der Waals surface area contributed by atoms with Crippen LogP contribution >= 0.6 is 24.8 Å². The van der Waals surface area contributed by atoms with Gasteiger partial charge in [0.15, 0.2) is 0 Å². The van der Waals surface area contributed by atoms with Crippen LogP contribution in [-0.2, 0) is 0 Å². The smallest absolute Gasteiger partial charge is 0.327 e. The molecule has 1 amide bonds. The predicted molar refractivity (Wildman–Crippen MR) is 100 cm³/mol. The van der Waals surface area contributed by atoms with Gasteiger partial charge in [0.25, 0.3) is 11.5 Å². The Kier molecular flexibility index (Phi) is 8.08. The number of hydrogen-bond acceptors (Lipinski definition) is 5. The molecule has 3 rings (SSSR count). The maximum atomic E-state index is 12.2. The second-order valence-electron chi connectivity index (χ2n) is 5.79. The largest absolute Gasteiger partial charge is 0.352 e. The summed E-state index contributed by atoms with van der Waals surface area (Å²) < 4.78 is 0. The lowest BCUT2D eigenvalue weighted by Gasteiger charge is -2.22. The van der Waals surface area contributed by atoms with Crippen LogP contribution in [-0.4, -0.2) is 40.5 Å². The van der Waals surface area contributed by atoms with E-state index in [0.717, 1.165) is 19.5 Å². The van der Waals surface area contributed by atoms with E-state index in [1.54, 1.807) is 0 Å². The maximum Gasteiger partial charge on any atom is 0.327 e. The number of pyridine rings is 1. The van der Waals surface area contributed by atoms with Crippen LogP contribution in [0.2, 0.25) is 0 Å². The third-order valence-electron chi connectivity index (χ3n) is 4.09. The molecule has 1 saturated heterocycles. The highest BCUT2D eigenvalue weighted by atomic mass is 35.5. The number of piperidine rings is 1. The fourth-order valence-electron chi connectivity index (χ4n) is 2.83. The molecule has 8 nitrogen and oxygen atoms in total. The molecule has 138 valence electrons. The van der Waals surface area contributed by atoms with Crippen molar-refractivity contribution in [2.24, 2.45) is 5.92 Å². The molecule has 0 radical (unpaired) electrons. The van der Waals surface area contributed by atoms with Gasteiger partial charge in [-0.3, -0.25) is 19.6 Å². The van der Waals surface area contributed by atoms with Crippen LogP contribution in [0.1, 0.15) is 29.6 Å². The Bertz CT molecular complexity index is 830. The first-order valence-corrected chi connectivity index (χ1v) is 7.75. The Morgan fingerprint density at radius 3 is 2.80 bits per heavy atom.